The highest BCUT2D eigenvalue weighted by molar-refractivity contribution is 8.18. The minimum atomic E-state index is -0.480. The van der Waals surface area contributed by atoms with Crippen molar-refractivity contribution < 1.29 is 18.8 Å². The van der Waals surface area contributed by atoms with Gasteiger partial charge in [0.05, 0.1) is 11.3 Å². The van der Waals surface area contributed by atoms with E-state index in [1.807, 2.05) is 32.0 Å². The van der Waals surface area contributed by atoms with E-state index in [4.69, 9.17) is 0 Å². The van der Waals surface area contributed by atoms with E-state index in [0.29, 0.717) is 0 Å². The molecule has 0 saturated carbocycles. The number of nitrogens with zero attached hydrogens (tertiary/aromatic N) is 1. The molecule has 1 N–H and O–H groups in total. The van der Waals surface area contributed by atoms with Gasteiger partial charge in [0.15, 0.2) is 0 Å². The van der Waals surface area contributed by atoms with E-state index in [0.717, 1.165) is 33.4 Å². The summed E-state index contributed by atoms with van der Waals surface area (Å²) < 4.78 is 13.8. The Bertz CT molecular complexity index is 1000. The molecule has 3 rings (SSSR count). The van der Waals surface area contributed by atoms with Crippen LogP contribution in [0.4, 0.5) is 9.18 Å². The topological polar surface area (TPSA) is 66.5 Å². The number of imide groups is 1. The van der Waals surface area contributed by atoms with Gasteiger partial charge in [0, 0.05) is 18.7 Å². The van der Waals surface area contributed by atoms with Crippen molar-refractivity contribution in [2.24, 2.45) is 0 Å². The molecule has 1 aliphatic rings. The Kier molecular flexibility index (Phi) is 6.49. The number of hydrogen-bond acceptors (Lipinski definition) is 4. The number of thioether (sulfide) groups is 1. The number of benzene rings is 2. The van der Waals surface area contributed by atoms with Crippen molar-refractivity contribution in [2.45, 2.75) is 20.3 Å². The number of amides is 3. The van der Waals surface area contributed by atoms with Crippen molar-refractivity contribution >= 4 is 34.9 Å². The van der Waals surface area contributed by atoms with Crippen LogP contribution in [-0.2, 0) is 16.0 Å². The minimum absolute atomic E-state index is 0.0673. The predicted molar refractivity (Wildman–Crippen MR) is 112 cm³/mol. The Morgan fingerprint density at radius 2 is 1.93 bits per heavy atom. The summed E-state index contributed by atoms with van der Waals surface area (Å²) in [4.78, 5) is 38.0. The van der Waals surface area contributed by atoms with Crippen LogP contribution in [0, 0.1) is 19.7 Å². The van der Waals surface area contributed by atoms with Crippen LogP contribution >= 0.6 is 11.8 Å². The maximum Gasteiger partial charge on any atom is 0.293 e. The van der Waals surface area contributed by atoms with Crippen LogP contribution in [0.15, 0.2) is 47.4 Å². The number of rotatable bonds is 6. The summed E-state index contributed by atoms with van der Waals surface area (Å²) in [5.41, 5.74) is 3.31. The molecule has 1 aliphatic heterocycles. The van der Waals surface area contributed by atoms with Gasteiger partial charge in [0.2, 0.25) is 5.91 Å². The van der Waals surface area contributed by atoms with Crippen LogP contribution < -0.4 is 5.32 Å². The average molecular weight is 412 g/mol. The number of carbonyl (C=O) groups is 3. The molecule has 5 nitrogen and oxygen atoms in total. The zero-order valence-electron chi connectivity index (χ0n) is 16.2. The Morgan fingerprint density at radius 1 is 1.17 bits per heavy atom. The summed E-state index contributed by atoms with van der Waals surface area (Å²) in [5, 5.41) is 2.32. The molecule has 29 heavy (non-hydrogen) atoms. The van der Waals surface area contributed by atoms with E-state index in [9.17, 15) is 18.8 Å². The third-order valence-electron chi connectivity index (χ3n) is 4.58. The lowest BCUT2D eigenvalue weighted by molar-refractivity contribution is -0.124. The van der Waals surface area contributed by atoms with Crippen LogP contribution in [0.5, 0.6) is 0 Å². The largest absolute Gasteiger partial charge is 0.354 e. The van der Waals surface area contributed by atoms with Gasteiger partial charge in [0.25, 0.3) is 11.1 Å². The summed E-state index contributed by atoms with van der Waals surface area (Å²) in [6.45, 7) is 4.15. The monoisotopic (exact) mass is 412 g/mol. The van der Waals surface area contributed by atoms with Gasteiger partial charge in [-0.15, -0.1) is 0 Å². The Morgan fingerprint density at radius 3 is 2.69 bits per heavy atom. The lowest BCUT2D eigenvalue weighted by Gasteiger charge is -2.13. The second kappa shape index (κ2) is 9.05. The molecule has 0 bridgehead atoms. The number of nitrogens with one attached hydrogen (secondary N) is 1. The first-order valence-electron chi connectivity index (χ1n) is 9.18. The zero-order chi connectivity index (χ0) is 21.0. The van der Waals surface area contributed by atoms with E-state index < -0.39 is 17.0 Å². The maximum atomic E-state index is 13.8. The molecule has 0 spiro atoms. The molecule has 0 aliphatic carbocycles. The fraction of sp³-hybridized carbons (Fsp3) is 0.227. The van der Waals surface area contributed by atoms with Gasteiger partial charge in [-0.3, -0.25) is 19.3 Å². The first kappa shape index (κ1) is 20.8. The van der Waals surface area contributed by atoms with E-state index in [1.165, 1.54) is 18.2 Å². The summed E-state index contributed by atoms with van der Waals surface area (Å²) in [5.74, 6) is -1.11. The van der Waals surface area contributed by atoms with E-state index in [-0.39, 0.29) is 35.9 Å². The van der Waals surface area contributed by atoms with E-state index in [1.54, 1.807) is 12.1 Å². The van der Waals surface area contributed by atoms with Crippen LogP contribution in [0.2, 0.25) is 0 Å². The van der Waals surface area contributed by atoms with Crippen molar-refractivity contribution in [3.63, 3.8) is 0 Å². The van der Waals surface area contributed by atoms with Gasteiger partial charge in [0.1, 0.15) is 5.82 Å². The van der Waals surface area contributed by atoms with Gasteiger partial charge in [-0.1, -0.05) is 42.0 Å². The Balaban J connectivity index is 1.56. The standard InChI is InChI=1S/C22H21FN2O3S/c1-14-7-8-15(2)17(11-14)13-20(26)24-9-10-25-21(27)19(29-22(25)28)12-16-5-3-4-6-18(16)23/h3-8,11-12H,9-10,13H2,1-2H3,(H,24,26). The lowest BCUT2D eigenvalue weighted by Crippen LogP contribution is -2.37. The molecule has 3 amide bonds. The normalized spacial score (nSPS) is 15.3. The summed E-state index contributed by atoms with van der Waals surface area (Å²) in [6, 6.07) is 12.0. The number of carbonyl (C=O) groups excluding carboxylic acids is 3. The maximum absolute atomic E-state index is 13.8. The first-order valence-corrected chi connectivity index (χ1v) is 9.99. The molecule has 150 valence electrons. The van der Waals surface area contributed by atoms with Gasteiger partial charge in [-0.2, -0.15) is 0 Å². The molecule has 1 fully saturated rings. The fourth-order valence-electron chi connectivity index (χ4n) is 2.96. The fourth-order valence-corrected chi connectivity index (χ4v) is 3.82. The highest BCUT2D eigenvalue weighted by Gasteiger charge is 2.34. The van der Waals surface area contributed by atoms with E-state index in [2.05, 4.69) is 5.32 Å². The summed E-state index contributed by atoms with van der Waals surface area (Å²) in [6.07, 6.45) is 1.61. The van der Waals surface area contributed by atoms with Gasteiger partial charge < -0.3 is 5.32 Å². The van der Waals surface area contributed by atoms with Gasteiger partial charge in [-0.25, -0.2) is 4.39 Å². The van der Waals surface area contributed by atoms with Crippen molar-refractivity contribution in [3.05, 3.63) is 75.4 Å². The van der Waals surface area contributed by atoms with Crippen LogP contribution in [-0.4, -0.2) is 35.0 Å². The molecule has 1 heterocycles. The van der Waals surface area contributed by atoms with Crippen LogP contribution in [0.25, 0.3) is 6.08 Å². The molecular formula is C22H21FN2O3S. The molecule has 0 unspecified atom stereocenters. The zero-order valence-corrected chi connectivity index (χ0v) is 17.0. The van der Waals surface area contributed by atoms with Crippen molar-refractivity contribution in [1.82, 2.24) is 10.2 Å². The summed E-state index contributed by atoms with van der Waals surface area (Å²) in [7, 11) is 0. The second-order valence-corrected chi connectivity index (χ2v) is 7.80. The second-order valence-electron chi connectivity index (χ2n) is 6.81. The smallest absolute Gasteiger partial charge is 0.293 e. The SMILES string of the molecule is Cc1ccc(C)c(CC(=O)NCCN2C(=O)SC(=Cc3ccccc3F)C2=O)c1. The molecule has 2 aromatic rings. The third-order valence-corrected chi connectivity index (χ3v) is 5.49. The molecule has 0 atom stereocenters. The Labute approximate surface area is 173 Å². The first-order chi connectivity index (χ1) is 13.8. The number of hydrogen-bond donors (Lipinski definition) is 1. The molecule has 7 heteroatoms. The van der Waals surface area contributed by atoms with Crippen molar-refractivity contribution in [3.8, 4) is 0 Å². The average Bonchev–Trinajstić information content (AvgIpc) is 2.94. The van der Waals surface area contributed by atoms with Crippen LogP contribution in [0.3, 0.4) is 0 Å². The molecular weight excluding hydrogens is 391 g/mol. The highest BCUT2D eigenvalue weighted by atomic mass is 32.2. The quantitative estimate of drug-likeness (QED) is 0.732. The van der Waals surface area contributed by atoms with Gasteiger partial charge in [-0.05, 0) is 48.9 Å². The third kappa shape index (κ3) is 5.12. The highest BCUT2D eigenvalue weighted by Crippen LogP contribution is 2.32. The lowest BCUT2D eigenvalue weighted by atomic mass is 10.0. The predicted octanol–water partition coefficient (Wildman–Crippen LogP) is 3.84. The molecule has 1 saturated heterocycles. The Hall–Kier alpha value is -2.93. The van der Waals surface area contributed by atoms with Crippen LogP contribution in [0.1, 0.15) is 22.3 Å². The van der Waals surface area contributed by atoms with Gasteiger partial charge >= 0.3 is 0 Å². The molecule has 0 aromatic heterocycles. The van der Waals surface area contributed by atoms with E-state index >= 15 is 0 Å². The summed E-state index contributed by atoms with van der Waals surface area (Å²) >= 11 is 0.770. The number of halogens is 1. The number of aryl methyl sites for hydroxylation is 2. The minimum Gasteiger partial charge on any atom is -0.354 e. The van der Waals surface area contributed by atoms with Crippen molar-refractivity contribution in [1.29, 1.82) is 0 Å². The van der Waals surface area contributed by atoms with Crippen molar-refractivity contribution in [2.75, 3.05) is 13.1 Å². The molecule has 0 radical (unpaired) electrons. The molecule has 2 aromatic carbocycles.